The van der Waals surface area contributed by atoms with Crippen LogP contribution in [0.2, 0.25) is 0 Å². The summed E-state index contributed by atoms with van der Waals surface area (Å²) in [5.41, 5.74) is 5.56. The van der Waals surface area contributed by atoms with E-state index in [4.69, 9.17) is 0 Å². The van der Waals surface area contributed by atoms with Crippen molar-refractivity contribution < 1.29 is 4.79 Å². The summed E-state index contributed by atoms with van der Waals surface area (Å²) in [6.07, 6.45) is 0. The lowest BCUT2D eigenvalue weighted by atomic mass is 10.0. The molecule has 0 saturated heterocycles. The fourth-order valence-electron chi connectivity index (χ4n) is 3.05. The van der Waals surface area contributed by atoms with Gasteiger partial charge in [0, 0.05) is 5.92 Å². The van der Waals surface area contributed by atoms with Gasteiger partial charge in [-0.25, -0.2) is 4.68 Å². The standard InChI is InChI=1S/C24H27N3O2/c1-14(2)24(29)25-23-21(19-10-7-15(3)8-11-19)22(28)18(6)26-27(23)20-12-9-16(4)17(5)13-20/h7-14H,1-6H3,(H,25,29). The molecule has 1 N–H and O–H groups in total. The summed E-state index contributed by atoms with van der Waals surface area (Å²) in [6, 6.07) is 13.7. The summed E-state index contributed by atoms with van der Waals surface area (Å²) < 4.78 is 1.67. The number of benzene rings is 2. The van der Waals surface area contributed by atoms with E-state index in [1.807, 2.05) is 77.1 Å². The van der Waals surface area contributed by atoms with Crippen molar-refractivity contribution in [2.24, 2.45) is 5.92 Å². The molecule has 0 unspecified atom stereocenters. The van der Waals surface area contributed by atoms with Crippen molar-refractivity contribution >= 4 is 11.7 Å². The summed E-state index contributed by atoms with van der Waals surface area (Å²) in [6.45, 7) is 11.4. The van der Waals surface area contributed by atoms with E-state index in [0.29, 0.717) is 17.1 Å². The average Bonchev–Trinajstić information content (AvgIpc) is 2.68. The lowest BCUT2D eigenvalue weighted by Crippen LogP contribution is -2.27. The van der Waals surface area contributed by atoms with Gasteiger partial charge in [0.25, 0.3) is 0 Å². The zero-order valence-electron chi connectivity index (χ0n) is 17.8. The van der Waals surface area contributed by atoms with E-state index in [2.05, 4.69) is 10.4 Å². The SMILES string of the molecule is Cc1ccc(-c2c(NC(=O)C(C)C)n(-c3ccc(C)c(C)c3)nc(C)c2=O)cc1. The van der Waals surface area contributed by atoms with Crippen LogP contribution < -0.4 is 10.7 Å². The van der Waals surface area contributed by atoms with Crippen LogP contribution >= 0.6 is 0 Å². The third-order valence-corrected chi connectivity index (χ3v) is 5.10. The zero-order valence-corrected chi connectivity index (χ0v) is 17.8. The predicted octanol–water partition coefficient (Wildman–Crippen LogP) is 4.73. The molecule has 3 rings (SSSR count). The quantitative estimate of drug-likeness (QED) is 0.702. The second kappa shape index (κ2) is 8.03. The Bertz CT molecular complexity index is 1130. The van der Waals surface area contributed by atoms with Crippen molar-refractivity contribution in [2.75, 3.05) is 5.32 Å². The molecule has 0 aliphatic rings. The smallest absolute Gasteiger partial charge is 0.228 e. The number of carbonyl (C=O) groups is 1. The molecule has 0 atom stereocenters. The van der Waals surface area contributed by atoms with Gasteiger partial charge >= 0.3 is 0 Å². The molecule has 0 spiro atoms. The van der Waals surface area contributed by atoms with Crippen LogP contribution in [0.25, 0.3) is 16.8 Å². The number of carbonyl (C=O) groups excluding carboxylic acids is 1. The Hall–Kier alpha value is -3.21. The lowest BCUT2D eigenvalue weighted by molar-refractivity contribution is -0.118. The predicted molar refractivity (Wildman–Crippen MR) is 118 cm³/mol. The number of anilines is 1. The van der Waals surface area contributed by atoms with Crippen LogP contribution in [0.3, 0.4) is 0 Å². The molecule has 1 heterocycles. The van der Waals surface area contributed by atoms with Crippen molar-refractivity contribution in [3.8, 4) is 16.8 Å². The maximum atomic E-state index is 13.1. The van der Waals surface area contributed by atoms with E-state index < -0.39 is 0 Å². The molecule has 2 aromatic carbocycles. The maximum absolute atomic E-state index is 13.1. The van der Waals surface area contributed by atoms with Crippen molar-refractivity contribution in [1.29, 1.82) is 0 Å². The third kappa shape index (κ3) is 4.14. The highest BCUT2D eigenvalue weighted by Crippen LogP contribution is 2.28. The molecule has 0 radical (unpaired) electrons. The molecule has 3 aromatic rings. The van der Waals surface area contributed by atoms with Crippen LogP contribution in [0.15, 0.2) is 47.3 Å². The highest BCUT2D eigenvalue weighted by Gasteiger charge is 2.21. The molecule has 5 heteroatoms. The Morgan fingerprint density at radius 1 is 0.966 bits per heavy atom. The summed E-state index contributed by atoms with van der Waals surface area (Å²) in [5.74, 6) is -0.00196. The summed E-state index contributed by atoms with van der Waals surface area (Å²) in [4.78, 5) is 25.7. The van der Waals surface area contributed by atoms with Gasteiger partial charge in [-0.2, -0.15) is 5.10 Å². The highest BCUT2D eigenvalue weighted by atomic mass is 16.2. The molecule has 150 valence electrons. The Labute approximate surface area is 171 Å². The van der Waals surface area contributed by atoms with Gasteiger partial charge in [-0.3, -0.25) is 9.59 Å². The number of aromatic nitrogens is 2. The summed E-state index contributed by atoms with van der Waals surface area (Å²) >= 11 is 0. The van der Waals surface area contributed by atoms with E-state index in [1.54, 1.807) is 11.6 Å². The Morgan fingerprint density at radius 2 is 1.62 bits per heavy atom. The van der Waals surface area contributed by atoms with E-state index in [-0.39, 0.29) is 17.3 Å². The number of nitrogens with one attached hydrogen (secondary N) is 1. The maximum Gasteiger partial charge on any atom is 0.228 e. The van der Waals surface area contributed by atoms with Gasteiger partial charge in [0.05, 0.1) is 11.3 Å². The zero-order chi connectivity index (χ0) is 21.3. The summed E-state index contributed by atoms with van der Waals surface area (Å²) in [7, 11) is 0. The molecule has 1 aromatic heterocycles. The van der Waals surface area contributed by atoms with Crippen LogP contribution in [-0.2, 0) is 4.79 Å². The molecule has 0 fully saturated rings. The van der Waals surface area contributed by atoms with Gasteiger partial charge in [0.1, 0.15) is 11.5 Å². The molecule has 1 amide bonds. The van der Waals surface area contributed by atoms with Crippen molar-refractivity contribution in [2.45, 2.75) is 41.5 Å². The minimum atomic E-state index is -0.231. The van der Waals surface area contributed by atoms with Gasteiger partial charge < -0.3 is 5.32 Å². The van der Waals surface area contributed by atoms with Crippen LogP contribution in [-0.4, -0.2) is 15.7 Å². The Kier molecular flexibility index (Phi) is 5.69. The fourth-order valence-corrected chi connectivity index (χ4v) is 3.05. The van der Waals surface area contributed by atoms with Crippen LogP contribution in [0.1, 0.15) is 36.2 Å². The third-order valence-electron chi connectivity index (χ3n) is 5.10. The molecule has 0 aliphatic carbocycles. The van der Waals surface area contributed by atoms with E-state index in [0.717, 1.165) is 27.9 Å². The summed E-state index contributed by atoms with van der Waals surface area (Å²) in [5, 5.41) is 7.47. The molecule has 29 heavy (non-hydrogen) atoms. The number of amides is 1. The second-order valence-electron chi connectivity index (χ2n) is 7.83. The first-order valence-corrected chi connectivity index (χ1v) is 9.78. The minimum Gasteiger partial charge on any atom is -0.310 e. The van der Waals surface area contributed by atoms with E-state index in [9.17, 15) is 9.59 Å². The van der Waals surface area contributed by atoms with Gasteiger partial charge in [-0.15, -0.1) is 0 Å². The minimum absolute atomic E-state index is 0.166. The lowest BCUT2D eigenvalue weighted by Gasteiger charge is -2.20. The van der Waals surface area contributed by atoms with Crippen LogP contribution in [0, 0.1) is 33.6 Å². The van der Waals surface area contributed by atoms with Crippen molar-refractivity contribution in [1.82, 2.24) is 9.78 Å². The van der Waals surface area contributed by atoms with Gasteiger partial charge in [0.2, 0.25) is 11.3 Å². The molecular weight excluding hydrogens is 362 g/mol. The number of nitrogens with zero attached hydrogens (tertiary/aromatic N) is 2. The van der Waals surface area contributed by atoms with Gasteiger partial charge in [-0.05, 0) is 56.5 Å². The number of hydrogen-bond acceptors (Lipinski definition) is 3. The second-order valence-corrected chi connectivity index (χ2v) is 7.83. The molecule has 0 bridgehead atoms. The Morgan fingerprint density at radius 3 is 2.21 bits per heavy atom. The molecule has 5 nitrogen and oxygen atoms in total. The molecule has 0 aliphatic heterocycles. The van der Waals surface area contributed by atoms with Gasteiger partial charge in [0.15, 0.2) is 0 Å². The number of hydrogen-bond donors (Lipinski definition) is 1. The first kappa shape index (κ1) is 20.5. The van der Waals surface area contributed by atoms with Crippen molar-refractivity contribution in [3.63, 3.8) is 0 Å². The number of rotatable bonds is 4. The highest BCUT2D eigenvalue weighted by molar-refractivity contribution is 5.95. The Balaban J connectivity index is 2.35. The first-order chi connectivity index (χ1) is 13.7. The first-order valence-electron chi connectivity index (χ1n) is 9.78. The van der Waals surface area contributed by atoms with Crippen LogP contribution in [0.5, 0.6) is 0 Å². The van der Waals surface area contributed by atoms with E-state index >= 15 is 0 Å². The fraction of sp³-hybridized carbons (Fsp3) is 0.292. The topological polar surface area (TPSA) is 64.0 Å². The largest absolute Gasteiger partial charge is 0.310 e. The van der Waals surface area contributed by atoms with Crippen molar-refractivity contribution in [3.05, 3.63) is 75.1 Å². The average molecular weight is 389 g/mol. The van der Waals surface area contributed by atoms with Crippen LogP contribution in [0.4, 0.5) is 5.82 Å². The van der Waals surface area contributed by atoms with Gasteiger partial charge in [-0.1, -0.05) is 49.7 Å². The normalized spacial score (nSPS) is 11.0. The molecule has 0 saturated carbocycles. The monoisotopic (exact) mass is 389 g/mol. The van der Waals surface area contributed by atoms with E-state index in [1.165, 1.54) is 0 Å². The molecular formula is C24H27N3O2. The number of aryl methyl sites for hydroxylation is 4.